The fourth-order valence-electron chi connectivity index (χ4n) is 1.69. The third kappa shape index (κ3) is 3.45. The molecule has 0 saturated carbocycles. The Morgan fingerprint density at radius 1 is 1.11 bits per heavy atom. The number of hydrogen-bond donors (Lipinski definition) is 1. The summed E-state index contributed by atoms with van der Waals surface area (Å²) in [5, 5.41) is 9.07. The summed E-state index contributed by atoms with van der Waals surface area (Å²) >= 11 is 0. The van der Waals surface area contributed by atoms with E-state index in [0.717, 1.165) is 22.6 Å². The molecule has 1 heterocycles. The number of ether oxygens (including phenoxy) is 2. The van der Waals surface area contributed by atoms with Crippen LogP contribution in [0.5, 0.6) is 11.6 Å². The zero-order valence-electron chi connectivity index (χ0n) is 11.1. The fraction of sp³-hybridized carbons (Fsp3) is 0.267. The number of aliphatic hydroxyl groups is 1. The summed E-state index contributed by atoms with van der Waals surface area (Å²) in [4.78, 5) is 4.29. The molecule has 4 heteroatoms. The summed E-state index contributed by atoms with van der Waals surface area (Å²) in [6.45, 7) is 2.30. The number of pyridine rings is 1. The van der Waals surface area contributed by atoms with Gasteiger partial charge in [0.15, 0.2) is 0 Å². The van der Waals surface area contributed by atoms with Gasteiger partial charge < -0.3 is 14.6 Å². The molecule has 1 aromatic heterocycles. The van der Waals surface area contributed by atoms with Gasteiger partial charge in [-0.2, -0.15) is 0 Å². The molecule has 0 atom stereocenters. The molecule has 0 aliphatic heterocycles. The average Bonchev–Trinajstić information content (AvgIpc) is 2.46. The average molecular weight is 259 g/mol. The zero-order valence-corrected chi connectivity index (χ0v) is 11.1. The van der Waals surface area contributed by atoms with E-state index in [2.05, 4.69) is 4.98 Å². The maximum atomic E-state index is 9.07. The van der Waals surface area contributed by atoms with Crippen molar-refractivity contribution in [2.75, 3.05) is 7.11 Å². The van der Waals surface area contributed by atoms with E-state index >= 15 is 0 Å². The summed E-state index contributed by atoms with van der Waals surface area (Å²) in [6.07, 6.45) is 0. The molecule has 1 N–H and O–H groups in total. The second-order valence-electron chi connectivity index (χ2n) is 4.19. The van der Waals surface area contributed by atoms with E-state index in [1.807, 2.05) is 37.3 Å². The molecule has 0 bridgehead atoms. The quantitative estimate of drug-likeness (QED) is 0.896. The van der Waals surface area contributed by atoms with E-state index in [1.54, 1.807) is 13.2 Å². The van der Waals surface area contributed by atoms with Gasteiger partial charge >= 0.3 is 0 Å². The van der Waals surface area contributed by atoms with Gasteiger partial charge in [0.2, 0.25) is 5.88 Å². The van der Waals surface area contributed by atoms with E-state index in [4.69, 9.17) is 14.6 Å². The van der Waals surface area contributed by atoms with Crippen molar-refractivity contribution in [2.45, 2.75) is 20.1 Å². The highest BCUT2D eigenvalue weighted by Gasteiger charge is 2.02. The summed E-state index contributed by atoms with van der Waals surface area (Å²) in [7, 11) is 1.64. The van der Waals surface area contributed by atoms with Crippen molar-refractivity contribution in [1.29, 1.82) is 0 Å². The molecule has 0 aliphatic carbocycles. The molecule has 0 unspecified atom stereocenters. The van der Waals surface area contributed by atoms with Crippen molar-refractivity contribution >= 4 is 0 Å². The molecule has 0 aliphatic rings. The molecule has 0 fully saturated rings. The van der Waals surface area contributed by atoms with Crippen molar-refractivity contribution < 1.29 is 14.6 Å². The Labute approximate surface area is 112 Å². The lowest BCUT2D eigenvalue weighted by Crippen LogP contribution is -2.00. The van der Waals surface area contributed by atoms with Crippen molar-refractivity contribution in [2.24, 2.45) is 0 Å². The lowest BCUT2D eigenvalue weighted by atomic mass is 10.2. The van der Waals surface area contributed by atoms with Gasteiger partial charge in [-0.15, -0.1) is 0 Å². The number of aryl methyl sites for hydroxylation is 1. The maximum absolute atomic E-state index is 9.07. The molecule has 0 radical (unpaired) electrons. The minimum Gasteiger partial charge on any atom is -0.497 e. The van der Waals surface area contributed by atoms with Crippen LogP contribution in [0.4, 0.5) is 0 Å². The summed E-state index contributed by atoms with van der Waals surface area (Å²) in [6, 6.07) is 11.3. The lowest BCUT2D eigenvalue weighted by molar-refractivity contribution is 0.276. The van der Waals surface area contributed by atoms with Crippen molar-refractivity contribution in [3.8, 4) is 11.6 Å². The first-order chi connectivity index (χ1) is 9.22. The summed E-state index contributed by atoms with van der Waals surface area (Å²) < 4.78 is 10.7. The maximum Gasteiger partial charge on any atom is 0.213 e. The standard InChI is InChI=1S/C15H17NO3/c1-11-13(9-17)5-8-15(16-11)19-10-12-3-6-14(18-2)7-4-12/h3-8,17H,9-10H2,1-2H3. The van der Waals surface area contributed by atoms with Gasteiger partial charge in [0.05, 0.1) is 13.7 Å². The summed E-state index contributed by atoms with van der Waals surface area (Å²) in [5.74, 6) is 1.38. The van der Waals surface area contributed by atoms with Crippen LogP contribution in [0.15, 0.2) is 36.4 Å². The van der Waals surface area contributed by atoms with Crippen LogP contribution in [0.25, 0.3) is 0 Å². The van der Waals surface area contributed by atoms with Crippen molar-refractivity contribution in [1.82, 2.24) is 4.98 Å². The number of aromatic nitrogens is 1. The van der Waals surface area contributed by atoms with Crippen LogP contribution in [-0.4, -0.2) is 17.2 Å². The van der Waals surface area contributed by atoms with E-state index < -0.39 is 0 Å². The minimum absolute atomic E-state index is 0.00239. The van der Waals surface area contributed by atoms with Gasteiger partial charge in [0.1, 0.15) is 12.4 Å². The van der Waals surface area contributed by atoms with Crippen LogP contribution in [0.1, 0.15) is 16.8 Å². The number of benzene rings is 1. The van der Waals surface area contributed by atoms with Crippen molar-refractivity contribution in [3.05, 3.63) is 53.2 Å². The van der Waals surface area contributed by atoms with Crippen LogP contribution in [0.3, 0.4) is 0 Å². The molecule has 19 heavy (non-hydrogen) atoms. The first-order valence-corrected chi connectivity index (χ1v) is 6.06. The molecule has 0 spiro atoms. The third-order valence-corrected chi connectivity index (χ3v) is 2.89. The molecule has 100 valence electrons. The monoisotopic (exact) mass is 259 g/mol. The summed E-state index contributed by atoms with van der Waals surface area (Å²) in [5.41, 5.74) is 2.65. The highest BCUT2D eigenvalue weighted by molar-refractivity contribution is 5.28. The van der Waals surface area contributed by atoms with E-state index in [1.165, 1.54) is 0 Å². The first-order valence-electron chi connectivity index (χ1n) is 6.06. The second kappa shape index (κ2) is 6.20. The molecular formula is C15H17NO3. The SMILES string of the molecule is COc1ccc(COc2ccc(CO)c(C)n2)cc1. The molecule has 2 rings (SSSR count). The number of hydrogen-bond acceptors (Lipinski definition) is 4. The smallest absolute Gasteiger partial charge is 0.213 e. The van der Waals surface area contributed by atoms with E-state index in [-0.39, 0.29) is 6.61 Å². The van der Waals surface area contributed by atoms with Gasteiger partial charge in [0, 0.05) is 11.8 Å². The number of nitrogens with zero attached hydrogens (tertiary/aromatic N) is 1. The van der Waals surface area contributed by atoms with Crippen molar-refractivity contribution in [3.63, 3.8) is 0 Å². The third-order valence-electron chi connectivity index (χ3n) is 2.89. The Kier molecular flexibility index (Phi) is 4.36. The Morgan fingerprint density at radius 2 is 1.84 bits per heavy atom. The number of methoxy groups -OCH3 is 1. The molecular weight excluding hydrogens is 242 g/mol. The number of aliphatic hydroxyl groups excluding tert-OH is 1. The molecule has 0 saturated heterocycles. The number of rotatable bonds is 5. The lowest BCUT2D eigenvalue weighted by Gasteiger charge is -2.08. The van der Waals surface area contributed by atoms with Gasteiger partial charge in [-0.05, 0) is 36.2 Å². The fourth-order valence-corrected chi connectivity index (χ4v) is 1.69. The van der Waals surface area contributed by atoms with Crippen LogP contribution in [0, 0.1) is 6.92 Å². The van der Waals surface area contributed by atoms with Gasteiger partial charge in [-0.25, -0.2) is 4.98 Å². The van der Waals surface area contributed by atoms with Gasteiger partial charge in [0.25, 0.3) is 0 Å². The van der Waals surface area contributed by atoms with Crippen LogP contribution in [-0.2, 0) is 13.2 Å². The minimum atomic E-state index is -0.00239. The van der Waals surface area contributed by atoms with E-state index in [0.29, 0.717) is 12.5 Å². The highest BCUT2D eigenvalue weighted by atomic mass is 16.5. The molecule has 0 amide bonds. The topological polar surface area (TPSA) is 51.6 Å². The van der Waals surface area contributed by atoms with Crippen LogP contribution in [0.2, 0.25) is 0 Å². The normalized spacial score (nSPS) is 10.3. The highest BCUT2D eigenvalue weighted by Crippen LogP contribution is 2.16. The first kappa shape index (κ1) is 13.4. The zero-order chi connectivity index (χ0) is 13.7. The van der Waals surface area contributed by atoms with Gasteiger partial charge in [-0.1, -0.05) is 12.1 Å². The predicted molar refractivity (Wildman–Crippen MR) is 72.2 cm³/mol. The second-order valence-corrected chi connectivity index (χ2v) is 4.19. The molecule has 1 aromatic carbocycles. The van der Waals surface area contributed by atoms with Gasteiger partial charge in [-0.3, -0.25) is 0 Å². The van der Waals surface area contributed by atoms with E-state index in [9.17, 15) is 0 Å². The molecule has 4 nitrogen and oxygen atoms in total. The Balaban J connectivity index is 1.99. The predicted octanol–water partition coefficient (Wildman–Crippen LogP) is 2.47. The Hall–Kier alpha value is -2.07. The van der Waals surface area contributed by atoms with Crippen LogP contribution >= 0.6 is 0 Å². The largest absolute Gasteiger partial charge is 0.497 e. The Morgan fingerprint density at radius 3 is 2.42 bits per heavy atom. The van der Waals surface area contributed by atoms with Crippen LogP contribution < -0.4 is 9.47 Å². The molecule has 2 aromatic rings. The Bertz CT molecular complexity index is 538.